The van der Waals surface area contributed by atoms with E-state index >= 15 is 0 Å². The van der Waals surface area contributed by atoms with E-state index in [0.29, 0.717) is 18.5 Å². The smallest absolute Gasteiger partial charge is 0.254 e. The summed E-state index contributed by atoms with van der Waals surface area (Å²) in [6.07, 6.45) is 2.21. The molecule has 0 bridgehead atoms. The molecule has 2 N–H and O–H groups in total. The fourth-order valence-electron chi connectivity index (χ4n) is 2.21. The fourth-order valence-corrected chi connectivity index (χ4v) is 2.84. The molecule has 3 nitrogen and oxygen atoms in total. The zero-order valence-electron chi connectivity index (χ0n) is 9.56. The highest BCUT2D eigenvalue weighted by atomic mass is 32.1. The molecule has 1 aromatic rings. The third kappa shape index (κ3) is 2.28. The van der Waals surface area contributed by atoms with Crippen LogP contribution < -0.4 is 5.73 Å². The van der Waals surface area contributed by atoms with Crippen molar-refractivity contribution >= 4 is 17.2 Å². The lowest BCUT2D eigenvalue weighted by Crippen LogP contribution is -2.47. The molecule has 0 saturated carbocycles. The number of carbonyl (C=O) groups is 1. The normalized spacial score (nSPS) is 25.8. The van der Waals surface area contributed by atoms with E-state index in [1.807, 2.05) is 21.7 Å². The molecule has 0 aliphatic carbocycles. The highest BCUT2D eigenvalue weighted by Gasteiger charge is 2.28. The quantitative estimate of drug-likeness (QED) is 0.856. The first-order valence-electron chi connectivity index (χ1n) is 5.75. The van der Waals surface area contributed by atoms with E-state index in [4.69, 9.17) is 5.73 Å². The number of hydrogen-bond donors (Lipinski definition) is 1. The number of rotatable bonds is 2. The molecule has 1 amide bonds. The van der Waals surface area contributed by atoms with Crippen molar-refractivity contribution in [3.05, 3.63) is 22.4 Å². The minimum atomic E-state index is 0.159. The largest absolute Gasteiger partial charge is 0.336 e. The van der Waals surface area contributed by atoms with Gasteiger partial charge >= 0.3 is 0 Å². The number of hydrogen-bond acceptors (Lipinski definition) is 3. The van der Waals surface area contributed by atoms with Crippen LogP contribution in [0, 0.1) is 5.92 Å². The van der Waals surface area contributed by atoms with Gasteiger partial charge in [-0.25, -0.2) is 0 Å². The van der Waals surface area contributed by atoms with E-state index in [-0.39, 0.29) is 5.91 Å². The topological polar surface area (TPSA) is 46.3 Å². The molecule has 1 aliphatic rings. The van der Waals surface area contributed by atoms with Crippen molar-refractivity contribution in [2.24, 2.45) is 11.7 Å². The summed E-state index contributed by atoms with van der Waals surface area (Å²) < 4.78 is 0. The molecular weight excluding hydrogens is 220 g/mol. The van der Waals surface area contributed by atoms with Crippen LogP contribution in [0.25, 0.3) is 0 Å². The van der Waals surface area contributed by atoms with Gasteiger partial charge < -0.3 is 10.6 Å². The van der Waals surface area contributed by atoms with Crippen molar-refractivity contribution in [2.75, 3.05) is 13.1 Å². The van der Waals surface area contributed by atoms with Gasteiger partial charge in [0.2, 0.25) is 0 Å². The highest BCUT2D eigenvalue weighted by molar-refractivity contribution is 7.08. The lowest BCUT2D eigenvalue weighted by molar-refractivity contribution is 0.0567. The minimum Gasteiger partial charge on any atom is -0.336 e. The molecular formula is C12H18N2OS. The predicted molar refractivity (Wildman–Crippen MR) is 66.6 cm³/mol. The van der Waals surface area contributed by atoms with Crippen LogP contribution in [0.5, 0.6) is 0 Å². The van der Waals surface area contributed by atoms with Gasteiger partial charge in [0.15, 0.2) is 0 Å². The van der Waals surface area contributed by atoms with Gasteiger partial charge in [0, 0.05) is 18.0 Å². The third-order valence-electron chi connectivity index (χ3n) is 3.34. The van der Waals surface area contributed by atoms with Crippen LogP contribution in [0.15, 0.2) is 16.8 Å². The maximum atomic E-state index is 12.2. The van der Waals surface area contributed by atoms with Crippen molar-refractivity contribution in [3.63, 3.8) is 0 Å². The van der Waals surface area contributed by atoms with Gasteiger partial charge in [-0.2, -0.15) is 11.3 Å². The van der Waals surface area contributed by atoms with E-state index < -0.39 is 0 Å². The Morgan fingerprint density at radius 2 is 2.44 bits per heavy atom. The Morgan fingerprint density at radius 1 is 1.62 bits per heavy atom. The Hall–Kier alpha value is -0.870. The van der Waals surface area contributed by atoms with E-state index in [1.54, 1.807) is 11.3 Å². The maximum Gasteiger partial charge on any atom is 0.254 e. The van der Waals surface area contributed by atoms with Crippen molar-refractivity contribution in [3.8, 4) is 0 Å². The zero-order chi connectivity index (χ0) is 11.5. The Bertz CT molecular complexity index is 350. The fraction of sp³-hybridized carbons (Fsp3) is 0.583. The summed E-state index contributed by atoms with van der Waals surface area (Å²) >= 11 is 1.57. The highest BCUT2D eigenvalue weighted by Crippen LogP contribution is 2.23. The molecule has 16 heavy (non-hydrogen) atoms. The van der Waals surface area contributed by atoms with Crippen molar-refractivity contribution in [1.29, 1.82) is 0 Å². The lowest BCUT2D eigenvalue weighted by atomic mass is 9.93. The molecule has 88 valence electrons. The van der Waals surface area contributed by atoms with Crippen molar-refractivity contribution in [1.82, 2.24) is 4.90 Å². The average Bonchev–Trinajstić information content (AvgIpc) is 2.82. The summed E-state index contributed by atoms with van der Waals surface area (Å²) in [5, 5.41) is 3.86. The van der Waals surface area contributed by atoms with E-state index in [9.17, 15) is 4.79 Å². The minimum absolute atomic E-state index is 0.159. The lowest BCUT2D eigenvalue weighted by Gasteiger charge is -2.37. The summed E-state index contributed by atoms with van der Waals surface area (Å²) in [4.78, 5) is 14.2. The second-order valence-corrected chi connectivity index (χ2v) is 5.28. The molecule has 1 aromatic heterocycles. The molecule has 2 rings (SSSR count). The van der Waals surface area contributed by atoms with Gasteiger partial charge in [0.05, 0.1) is 5.56 Å². The molecule has 1 saturated heterocycles. The number of nitrogens with two attached hydrogens (primary N) is 1. The van der Waals surface area contributed by atoms with Gasteiger partial charge in [0.1, 0.15) is 0 Å². The summed E-state index contributed by atoms with van der Waals surface area (Å²) in [5.74, 6) is 0.630. The van der Waals surface area contributed by atoms with Gasteiger partial charge in [-0.3, -0.25) is 4.79 Å². The number of amides is 1. The molecule has 1 fully saturated rings. The molecule has 1 aliphatic heterocycles. The number of carbonyl (C=O) groups excluding carboxylic acids is 1. The Labute approximate surface area is 100 Å². The van der Waals surface area contributed by atoms with E-state index in [1.165, 1.54) is 0 Å². The van der Waals surface area contributed by atoms with Crippen LogP contribution in [-0.4, -0.2) is 29.9 Å². The Morgan fingerprint density at radius 3 is 3.06 bits per heavy atom. The zero-order valence-corrected chi connectivity index (χ0v) is 10.4. The van der Waals surface area contributed by atoms with Crippen LogP contribution in [0.1, 0.15) is 30.1 Å². The standard InChI is InChI=1S/C12H18N2OS/c1-9-2-3-10(6-13)7-14(9)12(15)11-4-5-16-8-11/h4-5,8-10H,2-3,6-7,13H2,1H3. The average molecular weight is 238 g/mol. The Kier molecular flexibility index (Phi) is 3.61. The Balaban J connectivity index is 2.09. The molecule has 0 radical (unpaired) electrons. The number of likely N-dealkylation sites (tertiary alicyclic amines) is 1. The van der Waals surface area contributed by atoms with E-state index in [0.717, 1.165) is 24.9 Å². The van der Waals surface area contributed by atoms with Crippen LogP contribution in [-0.2, 0) is 0 Å². The first-order valence-corrected chi connectivity index (χ1v) is 6.70. The summed E-state index contributed by atoms with van der Waals surface area (Å²) in [7, 11) is 0. The molecule has 0 aromatic carbocycles. The number of nitrogens with zero attached hydrogens (tertiary/aromatic N) is 1. The van der Waals surface area contributed by atoms with Crippen molar-refractivity contribution in [2.45, 2.75) is 25.8 Å². The summed E-state index contributed by atoms with van der Waals surface area (Å²) in [6, 6.07) is 2.24. The van der Waals surface area contributed by atoms with Crippen LogP contribution in [0.4, 0.5) is 0 Å². The van der Waals surface area contributed by atoms with Gasteiger partial charge in [-0.1, -0.05) is 0 Å². The molecule has 2 unspecified atom stereocenters. The number of thiophene rings is 1. The van der Waals surface area contributed by atoms with E-state index in [2.05, 4.69) is 6.92 Å². The second-order valence-electron chi connectivity index (χ2n) is 4.50. The molecule has 2 atom stereocenters. The number of piperidine rings is 1. The van der Waals surface area contributed by atoms with Crippen LogP contribution >= 0.6 is 11.3 Å². The van der Waals surface area contributed by atoms with Gasteiger partial charge in [-0.15, -0.1) is 0 Å². The molecule has 0 spiro atoms. The summed E-state index contributed by atoms with van der Waals surface area (Å²) in [5.41, 5.74) is 6.51. The van der Waals surface area contributed by atoms with Gasteiger partial charge in [0.25, 0.3) is 5.91 Å². The maximum absolute atomic E-state index is 12.2. The first-order chi connectivity index (χ1) is 7.72. The van der Waals surface area contributed by atoms with Crippen LogP contribution in [0.2, 0.25) is 0 Å². The monoisotopic (exact) mass is 238 g/mol. The SMILES string of the molecule is CC1CCC(CN)CN1C(=O)c1ccsc1. The van der Waals surface area contributed by atoms with Gasteiger partial charge in [-0.05, 0) is 43.7 Å². The molecule has 4 heteroatoms. The van der Waals surface area contributed by atoms with Crippen LogP contribution in [0.3, 0.4) is 0 Å². The summed E-state index contributed by atoms with van der Waals surface area (Å²) in [6.45, 7) is 3.61. The predicted octanol–water partition coefficient (Wildman–Crippen LogP) is 1.95. The van der Waals surface area contributed by atoms with Crippen molar-refractivity contribution < 1.29 is 4.79 Å². The third-order valence-corrected chi connectivity index (χ3v) is 4.03. The second kappa shape index (κ2) is 4.97. The first kappa shape index (κ1) is 11.6. The molecule has 2 heterocycles.